The van der Waals surface area contributed by atoms with Crippen molar-refractivity contribution in [3.63, 3.8) is 0 Å². The molecular weight excluding hydrogens is 374 g/mol. The van der Waals surface area contributed by atoms with E-state index >= 15 is 0 Å². The quantitative estimate of drug-likeness (QED) is 0.544. The van der Waals surface area contributed by atoms with Gasteiger partial charge in [0.15, 0.2) is 0 Å². The summed E-state index contributed by atoms with van der Waals surface area (Å²) >= 11 is 0. The number of methoxy groups -OCH3 is 1. The lowest BCUT2D eigenvalue weighted by Crippen LogP contribution is -2.37. The van der Waals surface area contributed by atoms with Crippen LogP contribution in [0.2, 0.25) is 0 Å². The van der Waals surface area contributed by atoms with Crippen molar-refractivity contribution in [1.82, 2.24) is 14.8 Å². The molecule has 3 aromatic rings. The maximum atomic E-state index is 5.71. The SMILES string of the molecule is COc1ccc(-c2nc(CN3CCC(CN(C)Cc4ccccc4)CC3)co2)cc1. The molecule has 1 aliphatic rings. The summed E-state index contributed by atoms with van der Waals surface area (Å²) in [6, 6.07) is 18.5. The molecule has 5 nitrogen and oxygen atoms in total. The van der Waals surface area contributed by atoms with Crippen molar-refractivity contribution in [3.05, 3.63) is 72.1 Å². The first-order valence-electron chi connectivity index (χ1n) is 10.7. The number of likely N-dealkylation sites (tertiary alicyclic amines) is 1. The van der Waals surface area contributed by atoms with Crippen LogP contribution < -0.4 is 4.74 Å². The highest BCUT2D eigenvalue weighted by atomic mass is 16.5. The molecule has 0 unspecified atom stereocenters. The van der Waals surface area contributed by atoms with E-state index in [0.717, 1.165) is 55.6 Å². The zero-order chi connectivity index (χ0) is 20.8. The highest BCUT2D eigenvalue weighted by molar-refractivity contribution is 5.54. The average Bonchev–Trinajstić information content (AvgIpc) is 3.24. The van der Waals surface area contributed by atoms with E-state index in [0.29, 0.717) is 5.89 Å². The van der Waals surface area contributed by atoms with E-state index in [-0.39, 0.29) is 0 Å². The molecule has 5 heteroatoms. The van der Waals surface area contributed by atoms with Crippen LogP contribution in [0.4, 0.5) is 0 Å². The van der Waals surface area contributed by atoms with Gasteiger partial charge in [0.25, 0.3) is 0 Å². The molecule has 0 atom stereocenters. The largest absolute Gasteiger partial charge is 0.497 e. The number of benzene rings is 2. The molecule has 0 spiro atoms. The van der Waals surface area contributed by atoms with Crippen molar-refractivity contribution in [2.75, 3.05) is 33.8 Å². The molecule has 30 heavy (non-hydrogen) atoms. The first kappa shape index (κ1) is 20.6. The number of hydrogen-bond donors (Lipinski definition) is 0. The van der Waals surface area contributed by atoms with Gasteiger partial charge in [-0.1, -0.05) is 30.3 Å². The average molecular weight is 406 g/mol. The first-order chi connectivity index (χ1) is 14.7. The summed E-state index contributed by atoms with van der Waals surface area (Å²) in [7, 11) is 3.90. The third kappa shape index (κ3) is 5.49. The Bertz CT molecular complexity index is 900. The van der Waals surface area contributed by atoms with Gasteiger partial charge in [0.1, 0.15) is 12.0 Å². The Kier molecular flexibility index (Phi) is 6.82. The van der Waals surface area contributed by atoms with Gasteiger partial charge in [-0.2, -0.15) is 0 Å². The van der Waals surface area contributed by atoms with Crippen LogP contribution in [0.15, 0.2) is 65.3 Å². The van der Waals surface area contributed by atoms with E-state index in [9.17, 15) is 0 Å². The zero-order valence-corrected chi connectivity index (χ0v) is 18.0. The number of rotatable bonds is 8. The molecule has 2 heterocycles. The fourth-order valence-corrected chi connectivity index (χ4v) is 4.20. The molecule has 1 aromatic heterocycles. The molecule has 2 aromatic carbocycles. The second-order valence-electron chi connectivity index (χ2n) is 8.27. The Hall–Kier alpha value is -2.63. The molecule has 1 saturated heterocycles. The van der Waals surface area contributed by atoms with Crippen LogP contribution in [-0.2, 0) is 13.1 Å². The lowest BCUT2D eigenvalue weighted by atomic mass is 9.96. The number of hydrogen-bond acceptors (Lipinski definition) is 5. The van der Waals surface area contributed by atoms with Gasteiger partial charge in [-0.3, -0.25) is 4.90 Å². The maximum absolute atomic E-state index is 5.71. The van der Waals surface area contributed by atoms with Crippen LogP contribution in [0.5, 0.6) is 5.75 Å². The third-order valence-corrected chi connectivity index (χ3v) is 5.85. The topological polar surface area (TPSA) is 41.7 Å². The van der Waals surface area contributed by atoms with Gasteiger partial charge in [0, 0.05) is 25.2 Å². The van der Waals surface area contributed by atoms with E-state index in [1.807, 2.05) is 24.3 Å². The molecule has 4 rings (SSSR count). The summed E-state index contributed by atoms with van der Waals surface area (Å²) in [4.78, 5) is 9.63. The molecule has 0 N–H and O–H groups in total. The fourth-order valence-electron chi connectivity index (χ4n) is 4.20. The van der Waals surface area contributed by atoms with Crippen LogP contribution in [-0.4, -0.2) is 48.6 Å². The second-order valence-corrected chi connectivity index (χ2v) is 8.27. The maximum Gasteiger partial charge on any atom is 0.226 e. The molecule has 0 bridgehead atoms. The van der Waals surface area contributed by atoms with Gasteiger partial charge in [-0.25, -0.2) is 4.98 Å². The summed E-state index contributed by atoms with van der Waals surface area (Å²) < 4.78 is 10.9. The lowest BCUT2D eigenvalue weighted by molar-refractivity contribution is 0.146. The number of ether oxygens (including phenoxy) is 1. The normalized spacial score (nSPS) is 15.6. The van der Waals surface area contributed by atoms with Crippen molar-refractivity contribution in [2.45, 2.75) is 25.9 Å². The molecule has 0 radical (unpaired) electrons. The Morgan fingerprint density at radius 3 is 2.50 bits per heavy atom. The van der Waals surface area contributed by atoms with Gasteiger partial charge < -0.3 is 14.1 Å². The van der Waals surface area contributed by atoms with Crippen LogP contribution in [0, 0.1) is 5.92 Å². The summed E-state index contributed by atoms with van der Waals surface area (Å²) in [5.41, 5.74) is 3.36. The lowest BCUT2D eigenvalue weighted by Gasteiger charge is -2.33. The summed E-state index contributed by atoms with van der Waals surface area (Å²) in [6.07, 6.45) is 4.27. The predicted molar refractivity (Wildman–Crippen MR) is 119 cm³/mol. The van der Waals surface area contributed by atoms with Gasteiger partial charge in [-0.05, 0) is 68.7 Å². The number of aromatic nitrogens is 1. The Morgan fingerprint density at radius 2 is 1.80 bits per heavy atom. The van der Waals surface area contributed by atoms with Crippen LogP contribution in [0.25, 0.3) is 11.5 Å². The van der Waals surface area contributed by atoms with E-state index in [2.05, 4.69) is 52.2 Å². The Balaban J connectivity index is 1.23. The Labute approximate surface area is 179 Å². The zero-order valence-electron chi connectivity index (χ0n) is 18.0. The van der Waals surface area contributed by atoms with Crippen molar-refractivity contribution < 1.29 is 9.15 Å². The van der Waals surface area contributed by atoms with Crippen LogP contribution in [0.1, 0.15) is 24.1 Å². The summed E-state index contributed by atoms with van der Waals surface area (Å²) in [5.74, 6) is 2.27. The smallest absolute Gasteiger partial charge is 0.226 e. The van der Waals surface area contributed by atoms with Crippen molar-refractivity contribution in [2.24, 2.45) is 5.92 Å². The van der Waals surface area contributed by atoms with Crippen molar-refractivity contribution >= 4 is 0 Å². The number of oxazole rings is 1. The van der Waals surface area contributed by atoms with Gasteiger partial charge in [0.05, 0.1) is 12.8 Å². The minimum atomic E-state index is 0.671. The molecular formula is C25H31N3O2. The first-order valence-corrected chi connectivity index (χ1v) is 10.7. The Morgan fingerprint density at radius 1 is 1.07 bits per heavy atom. The standard InChI is InChI=1S/C25H31N3O2/c1-27(16-20-6-4-3-5-7-20)17-21-12-14-28(15-13-21)18-23-19-30-25(26-23)22-8-10-24(29-2)11-9-22/h3-11,19,21H,12-18H2,1-2H3. The van der Waals surface area contributed by atoms with E-state index < -0.39 is 0 Å². The minimum Gasteiger partial charge on any atom is -0.497 e. The highest BCUT2D eigenvalue weighted by Crippen LogP contribution is 2.24. The molecule has 0 saturated carbocycles. The summed E-state index contributed by atoms with van der Waals surface area (Å²) in [5, 5.41) is 0. The number of piperidine rings is 1. The van der Waals surface area contributed by atoms with E-state index in [4.69, 9.17) is 9.15 Å². The van der Waals surface area contributed by atoms with Crippen molar-refractivity contribution in [1.29, 1.82) is 0 Å². The predicted octanol–water partition coefficient (Wildman–Crippen LogP) is 4.69. The monoisotopic (exact) mass is 405 g/mol. The third-order valence-electron chi connectivity index (χ3n) is 5.85. The van der Waals surface area contributed by atoms with Crippen molar-refractivity contribution in [3.8, 4) is 17.2 Å². The van der Waals surface area contributed by atoms with E-state index in [1.54, 1.807) is 13.4 Å². The molecule has 0 amide bonds. The molecule has 0 aliphatic carbocycles. The fraction of sp³-hybridized carbons (Fsp3) is 0.400. The molecule has 158 valence electrons. The highest BCUT2D eigenvalue weighted by Gasteiger charge is 2.21. The molecule has 1 aliphatic heterocycles. The molecule has 1 fully saturated rings. The van der Waals surface area contributed by atoms with Gasteiger partial charge >= 0.3 is 0 Å². The summed E-state index contributed by atoms with van der Waals surface area (Å²) in [6.45, 7) is 5.28. The minimum absolute atomic E-state index is 0.671. The van der Waals surface area contributed by atoms with E-state index in [1.165, 1.54) is 18.4 Å². The second kappa shape index (κ2) is 9.92. The van der Waals surface area contributed by atoms with Crippen LogP contribution in [0.3, 0.4) is 0 Å². The van der Waals surface area contributed by atoms with Gasteiger partial charge in [-0.15, -0.1) is 0 Å². The van der Waals surface area contributed by atoms with Gasteiger partial charge in [0.2, 0.25) is 5.89 Å². The number of nitrogens with zero attached hydrogens (tertiary/aromatic N) is 3. The van der Waals surface area contributed by atoms with Crippen LogP contribution >= 0.6 is 0 Å².